The van der Waals surface area contributed by atoms with E-state index in [2.05, 4.69) is 81.6 Å². The summed E-state index contributed by atoms with van der Waals surface area (Å²) in [4.78, 5) is 2.55. The zero-order valence-electron chi connectivity index (χ0n) is 16.2. The minimum Gasteiger partial charge on any atom is -0.232 e. The van der Waals surface area contributed by atoms with Crippen LogP contribution in [0.1, 0.15) is 64.5 Å². The molecule has 1 saturated carbocycles. The molecule has 2 aliphatic carbocycles. The molecule has 2 aromatic rings. The molecule has 3 fully saturated rings. The molecule has 2 saturated heterocycles. The van der Waals surface area contributed by atoms with Gasteiger partial charge in [0.05, 0.1) is 5.54 Å². The van der Waals surface area contributed by atoms with Crippen LogP contribution in [0.2, 0.25) is 0 Å². The maximum atomic E-state index is 3.65. The summed E-state index contributed by atoms with van der Waals surface area (Å²) < 4.78 is 0. The molecule has 0 spiro atoms. The molecule has 6 rings (SSSR count). The van der Waals surface area contributed by atoms with E-state index in [0.29, 0.717) is 5.41 Å². The number of rotatable bonds is 1. The Morgan fingerprint density at radius 2 is 1.62 bits per heavy atom. The predicted molar refractivity (Wildman–Crippen MR) is 105 cm³/mol. The van der Waals surface area contributed by atoms with Gasteiger partial charge in [0, 0.05) is 20.1 Å². The third kappa shape index (κ3) is 2.35. The van der Waals surface area contributed by atoms with Crippen molar-refractivity contribution in [2.24, 2.45) is 5.41 Å². The van der Waals surface area contributed by atoms with Gasteiger partial charge in [0.15, 0.2) is 6.54 Å². The van der Waals surface area contributed by atoms with Gasteiger partial charge in [-0.25, -0.2) is 4.90 Å². The molecular weight excluding hydrogens is 494 g/mol. The first-order valence-corrected chi connectivity index (χ1v) is 9.64. The van der Waals surface area contributed by atoms with E-state index in [-0.39, 0.29) is 31.1 Å². The number of anilines is 1. The Balaban J connectivity index is 0.00000168. The van der Waals surface area contributed by atoms with Crippen LogP contribution < -0.4 is 4.90 Å². The summed E-state index contributed by atoms with van der Waals surface area (Å²) in [5.41, 5.74) is 7.60. The van der Waals surface area contributed by atoms with Gasteiger partial charge in [-0.05, 0) is 61.8 Å². The molecule has 4 aliphatic rings. The number of piperidine rings is 2. The maximum Gasteiger partial charge on any atom is 0.187 e. The van der Waals surface area contributed by atoms with Crippen molar-refractivity contribution in [3.8, 4) is 11.1 Å². The van der Waals surface area contributed by atoms with Crippen molar-refractivity contribution in [3.63, 3.8) is 0 Å². The second kappa shape index (κ2) is 5.63. The van der Waals surface area contributed by atoms with Gasteiger partial charge in [0.1, 0.15) is 5.41 Å². The first-order valence-electron chi connectivity index (χ1n) is 9.64. The molecule has 0 N–H and O–H groups in total. The molecule has 0 aromatic heterocycles. The van der Waals surface area contributed by atoms with Gasteiger partial charge < -0.3 is 0 Å². The molecule has 0 unspecified atom stereocenters. The number of fused-ring (bicyclic) bond motifs is 6. The third-order valence-electron chi connectivity index (χ3n) is 7.25. The van der Waals surface area contributed by atoms with Crippen LogP contribution in [0.25, 0.3) is 11.1 Å². The second-order valence-electron chi connectivity index (χ2n) is 9.47. The van der Waals surface area contributed by atoms with E-state index < -0.39 is 0 Å². The third-order valence-corrected chi connectivity index (χ3v) is 7.25. The maximum absolute atomic E-state index is 3.65. The average Bonchev–Trinajstić information content (AvgIpc) is 2.84. The number of nitrogens with zero attached hydrogens (tertiary/aromatic N) is 1. The van der Waals surface area contributed by atoms with E-state index in [4.69, 9.17) is 0 Å². The van der Waals surface area contributed by atoms with Crippen LogP contribution in [-0.4, -0.2) is 5.54 Å². The van der Waals surface area contributed by atoms with Crippen molar-refractivity contribution >= 4 is 5.69 Å². The summed E-state index contributed by atoms with van der Waals surface area (Å²) in [6.45, 7) is 12.0. The molecule has 2 aliphatic heterocycles. The van der Waals surface area contributed by atoms with Gasteiger partial charge in [-0.2, -0.15) is 12.1 Å². The molecule has 2 heterocycles. The second-order valence-corrected chi connectivity index (χ2v) is 9.47. The summed E-state index contributed by atoms with van der Waals surface area (Å²) in [6.07, 6.45) is 5.21. The molecule has 137 valence electrons. The molecule has 1 nitrogen and oxygen atoms in total. The van der Waals surface area contributed by atoms with Gasteiger partial charge in [-0.3, -0.25) is 0 Å². The SMILES string of the molecule is CC12[CH+]N(c3[c-]cc4c(c3)-c3ccccc3C4(C)C)C(C)(CC1)CC2.[Ir]. The minimum atomic E-state index is 0. The van der Waals surface area contributed by atoms with Gasteiger partial charge in [0.2, 0.25) is 0 Å². The average molecular weight is 522 g/mol. The Bertz CT molecular complexity index is 858. The van der Waals surface area contributed by atoms with E-state index >= 15 is 0 Å². The van der Waals surface area contributed by atoms with Crippen LogP contribution >= 0.6 is 0 Å². The largest absolute Gasteiger partial charge is 0.232 e. The normalized spacial score (nSPS) is 30.2. The summed E-state index contributed by atoms with van der Waals surface area (Å²) >= 11 is 0. The molecular formula is C24H27IrN. The van der Waals surface area contributed by atoms with Crippen LogP contribution in [0, 0.1) is 18.0 Å². The van der Waals surface area contributed by atoms with Gasteiger partial charge in [-0.1, -0.05) is 38.1 Å². The van der Waals surface area contributed by atoms with Crippen molar-refractivity contribution in [2.75, 3.05) is 4.90 Å². The number of hydrogen-bond acceptors (Lipinski definition) is 1. The van der Waals surface area contributed by atoms with Crippen LogP contribution in [0.15, 0.2) is 36.4 Å². The molecule has 1 radical (unpaired) electrons. The van der Waals surface area contributed by atoms with Crippen molar-refractivity contribution < 1.29 is 20.1 Å². The molecule has 0 amide bonds. The number of hydrogen-bond donors (Lipinski definition) is 0. The zero-order valence-corrected chi connectivity index (χ0v) is 18.5. The topological polar surface area (TPSA) is 3.24 Å². The number of benzene rings is 2. The first kappa shape index (κ1) is 18.1. The van der Waals surface area contributed by atoms with Crippen LogP contribution in [0.4, 0.5) is 5.69 Å². The van der Waals surface area contributed by atoms with Crippen molar-refractivity contribution in [3.05, 3.63) is 60.1 Å². The zero-order chi connectivity index (χ0) is 17.4. The quantitative estimate of drug-likeness (QED) is 0.409. The van der Waals surface area contributed by atoms with E-state index in [1.54, 1.807) is 0 Å². The van der Waals surface area contributed by atoms with E-state index in [9.17, 15) is 0 Å². The smallest absolute Gasteiger partial charge is 0.187 e. The standard InChI is InChI=1S/C24H27N.Ir/c1-22(2)20-8-6-5-7-18(20)19-15-17(9-10-21(19)22)25-16-23(3)11-13-24(25,4)14-12-23;/h5-8,10,15-16H,11-14H2,1-4H3;. The fourth-order valence-electron chi connectivity index (χ4n) is 5.32. The molecule has 0 atom stereocenters. The van der Waals surface area contributed by atoms with Crippen LogP contribution in [0.3, 0.4) is 0 Å². The van der Waals surface area contributed by atoms with Gasteiger partial charge in [0.25, 0.3) is 0 Å². The minimum absolute atomic E-state index is 0. The molecule has 26 heavy (non-hydrogen) atoms. The Morgan fingerprint density at radius 3 is 2.35 bits per heavy atom. The molecule has 2 bridgehead atoms. The monoisotopic (exact) mass is 522 g/mol. The fourth-order valence-corrected chi connectivity index (χ4v) is 5.32. The predicted octanol–water partition coefficient (Wildman–Crippen LogP) is 6.11. The van der Waals surface area contributed by atoms with Gasteiger partial charge in [-0.15, -0.1) is 17.2 Å². The van der Waals surface area contributed by atoms with Crippen LogP contribution in [0.5, 0.6) is 0 Å². The van der Waals surface area contributed by atoms with Crippen molar-refractivity contribution in [2.45, 2.75) is 64.3 Å². The summed E-state index contributed by atoms with van der Waals surface area (Å²) in [5, 5.41) is 0. The summed E-state index contributed by atoms with van der Waals surface area (Å²) in [7, 11) is 0. The summed E-state index contributed by atoms with van der Waals surface area (Å²) in [6, 6.07) is 17.2. The van der Waals surface area contributed by atoms with Crippen molar-refractivity contribution in [1.29, 1.82) is 0 Å². The Kier molecular flexibility index (Phi) is 3.93. The van der Waals surface area contributed by atoms with E-state index in [1.807, 2.05) is 0 Å². The molecule has 2 aromatic carbocycles. The summed E-state index contributed by atoms with van der Waals surface area (Å²) in [5.74, 6) is 0. The molecule has 2 heteroatoms. The van der Waals surface area contributed by atoms with Crippen LogP contribution in [-0.2, 0) is 25.5 Å². The first-order chi connectivity index (χ1) is 11.8. The fraction of sp³-hybridized carbons (Fsp3) is 0.458. The Hall–Kier alpha value is -1.24. The van der Waals surface area contributed by atoms with Crippen molar-refractivity contribution in [1.82, 2.24) is 0 Å². The Labute approximate surface area is 171 Å². The Morgan fingerprint density at radius 1 is 0.923 bits per heavy atom. The van der Waals surface area contributed by atoms with E-state index in [0.717, 1.165) is 0 Å². The van der Waals surface area contributed by atoms with Gasteiger partial charge >= 0.3 is 0 Å². The van der Waals surface area contributed by atoms with E-state index in [1.165, 1.54) is 53.6 Å².